The first-order valence-electron chi connectivity index (χ1n) is 8.11. The monoisotopic (exact) mass is 380 g/mol. The minimum atomic E-state index is -3.17. The van der Waals surface area contributed by atoms with E-state index in [9.17, 15) is 8.42 Å². The molecule has 1 atom stereocenters. The summed E-state index contributed by atoms with van der Waals surface area (Å²) in [6.45, 7) is 2.57. The zero-order valence-corrected chi connectivity index (χ0v) is 15.8. The normalized spacial score (nSPS) is 17.3. The number of methoxy groups -OCH3 is 1. The van der Waals surface area contributed by atoms with Crippen LogP contribution < -0.4 is 14.4 Å². The van der Waals surface area contributed by atoms with E-state index in [2.05, 4.69) is 5.32 Å². The number of hydrogen-bond donors (Lipinski definition) is 1. The first-order chi connectivity index (χ1) is 11.9. The van der Waals surface area contributed by atoms with E-state index in [4.69, 9.17) is 16.3 Å². The second-order valence-corrected chi connectivity index (χ2v) is 8.47. The Labute approximate surface area is 153 Å². The summed E-state index contributed by atoms with van der Waals surface area (Å²) in [5.41, 5.74) is 2.61. The number of ether oxygens (including phenoxy) is 1. The summed E-state index contributed by atoms with van der Waals surface area (Å²) in [6.07, 6.45) is 0.672. The third-order valence-corrected chi connectivity index (χ3v) is 6.47. The van der Waals surface area contributed by atoms with Crippen LogP contribution in [-0.4, -0.2) is 27.8 Å². The number of hydrogen-bond acceptors (Lipinski definition) is 4. The van der Waals surface area contributed by atoms with Gasteiger partial charge in [0.2, 0.25) is 10.0 Å². The van der Waals surface area contributed by atoms with Gasteiger partial charge in [-0.3, -0.25) is 4.31 Å². The average molecular weight is 381 g/mol. The van der Waals surface area contributed by atoms with Crippen molar-refractivity contribution in [2.24, 2.45) is 0 Å². The lowest BCUT2D eigenvalue weighted by molar-refractivity contribution is 0.415. The molecule has 134 valence electrons. The molecular formula is C18H21ClN2O3S. The van der Waals surface area contributed by atoms with Crippen molar-refractivity contribution in [1.82, 2.24) is 0 Å². The van der Waals surface area contributed by atoms with E-state index in [0.717, 1.165) is 16.9 Å². The SMILES string of the molecule is COc1cc(NC(C)c2cccc(N3CCCS3(=O)=O)c2)ccc1Cl. The highest BCUT2D eigenvalue weighted by atomic mass is 35.5. The molecule has 3 rings (SSSR count). The Balaban J connectivity index is 1.81. The lowest BCUT2D eigenvalue weighted by Gasteiger charge is -2.21. The van der Waals surface area contributed by atoms with E-state index in [1.807, 2.05) is 43.3 Å². The van der Waals surface area contributed by atoms with Gasteiger partial charge in [0.25, 0.3) is 0 Å². The van der Waals surface area contributed by atoms with E-state index in [-0.39, 0.29) is 11.8 Å². The Morgan fingerprint density at radius 2 is 2.04 bits per heavy atom. The molecule has 0 saturated carbocycles. The van der Waals surface area contributed by atoms with Crippen LogP contribution >= 0.6 is 11.6 Å². The summed E-state index contributed by atoms with van der Waals surface area (Å²) in [6, 6.07) is 13.1. The Kier molecular flexibility index (Phi) is 5.11. The van der Waals surface area contributed by atoms with Crippen molar-refractivity contribution in [3.63, 3.8) is 0 Å². The largest absolute Gasteiger partial charge is 0.495 e. The van der Waals surface area contributed by atoms with Crippen LogP contribution in [0.1, 0.15) is 24.9 Å². The van der Waals surface area contributed by atoms with Crippen LogP contribution in [0, 0.1) is 0 Å². The number of sulfonamides is 1. The van der Waals surface area contributed by atoms with Crippen molar-refractivity contribution in [3.8, 4) is 5.75 Å². The topological polar surface area (TPSA) is 58.6 Å². The maximum atomic E-state index is 12.1. The van der Waals surface area contributed by atoms with Crippen molar-refractivity contribution in [2.75, 3.05) is 29.0 Å². The standard InChI is InChI=1S/C18H21ClN2O3S/c1-13(20-15-7-8-17(19)18(12-15)24-2)14-5-3-6-16(11-14)21-9-4-10-25(21,22)23/h3,5-8,11-13,20H,4,9-10H2,1-2H3. The maximum absolute atomic E-state index is 12.1. The van der Waals surface area contributed by atoms with Gasteiger partial charge in [-0.25, -0.2) is 8.42 Å². The van der Waals surface area contributed by atoms with Crippen LogP contribution in [0.5, 0.6) is 5.75 Å². The van der Waals surface area contributed by atoms with Crippen molar-refractivity contribution in [1.29, 1.82) is 0 Å². The summed E-state index contributed by atoms with van der Waals surface area (Å²) in [4.78, 5) is 0. The van der Waals surface area contributed by atoms with Crippen LogP contribution in [0.25, 0.3) is 0 Å². The Hall–Kier alpha value is -1.92. The lowest BCUT2D eigenvalue weighted by atomic mass is 10.1. The molecular weight excluding hydrogens is 360 g/mol. The number of halogens is 1. The molecule has 2 aromatic rings. The van der Waals surface area contributed by atoms with Gasteiger partial charge in [-0.2, -0.15) is 0 Å². The molecule has 7 heteroatoms. The van der Waals surface area contributed by atoms with Gasteiger partial charge in [-0.1, -0.05) is 23.7 Å². The number of nitrogens with one attached hydrogen (secondary N) is 1. The average Bonchev–Trinajstić information content (AvgIpc) is 2.96. The molecule has 0 aromatic heterocycles. The molecule has 5 nitrogen and oxygen atoms in total. The quantitative estimate of drug-likeness (QED) is 0.849. The summed E-state index contributed by atoms with van der Waals surface area (Å²) in [5.74, 6) is 0.825. The van der Waals surface area contributed by atoms with E-state index < -0.39 is 10.0 Å². The molecule has 1 unspecified atom stereocenters. The van der Waals surface area contributed by atoms with E-state index in [1.165, 1.54) is 4.31 Å². The number of nitrogens with zero attached hydrogens (tertiary/aromatic N) is 1. The van der Waals surface area contributed by atoms with Crippen LogP contribution in [0.2, 0.25) is 5.02 Å². The fourth-order valence-electron chi connectivity index (χ4n) is 2.96. The molecule has 1 heterocycles. The molecule has 1 N–H and O–H groups in total. The second-order valence-electron chi connectivity index (χ2n) is 6.05. The summed E-state index contributed by atoms with van der Waals surface area (Å²) >= 11 is 6.05. The fraction of sp³-hybridized carbons (Fsp3) is 0.333. The molecule has 1 aliphatic rings. The predicted molar refractivity (Wildman–Crippen MR) is 102 cm³/mol. The second kappa shape index (κ2) is 7.14. The first-order valence-corrected chi connectivity index (χ1v) is 10.1. The summed E-state index contributed by atoms with van der Waals surface area (Å²) in [5, 5.41) is 3.95. The molecule has 0 amide bonds. The first kappa shape index (κ1) is 17.9. The number of benzene rings is 2. The van der Waals surface area contributed by atoms with Gasteiger partial charge in [0.1, 0.15) is 5.75 Å². The summed E-state index contributed by atoms with van der Waals surface area (Å²) in [7, 11) is -1.60. The van der Waals surface area contributed by atoms with Gasteiger partial charge in [0.05, 0.1) is 23.6 Å². The van der Waals surface area contributed by atoms with Crippen LogP contribution in [0.15, 0.2) is 42.5 Å². The number of rotatable bonds is 5. The molecule has 2 aromatic carbocycles. The molecule has 1 aliphatic heterocycles. The summed E-state index contributed by atoms with van der Waals surface area (Å²) < 4.78 is 31.0. The Morgan fingerprint density at radius 1 is 1.24 bits per heavy atom. The minimum Gasteiger partial charge on any atom is -0.495 e. The van der Waals surface area contributed by atoms with Crippen LogP contribution in [0.3, 0.4) is 0 Å². The molecule has 0 aliphatic carbocycles. The van der Waals surface area contributed by atoms with Gasteiger partial charge < -0.3 is 10.1 Å². The van der Waals surface area contributed by atoms with Gasteiger partial charge in [-0.05, 0) is 43.2 Å². The van der Waals surface area contributed by atoms with Gasteiger partial charge in [-0.15, -0.1) is 0 Å². The highest BCUT2D eigenvalue weighted by Crippen LogP contribution is 2.31. The highest BCUT2D eigenvalue weighted by Gasteiger charge is 2.28. The molecule has 0 radical (unpaired) electrons. The van der Waals surface area contributed by atoms with Gasteiger partial charge in [0.15, 0.2) is 0 Å². The van der Waals surface area contributed by atoms with Gasteiger partial charge >= 0.3 is 0 Å². The molecule has 1 fully saturated rings. The highest BCUT2D eigenvalue weighted by molar-refractivity contribution is 7.93. The fourth-order valence-corrected chi connectivity index (χ4v) is 4.71. The molecule has 1 saturated heterocycles. The van der Waals surface area contributed by atoms with E-state index in [0.29, 0.717) is 23.7 Å². The smallest absolute Gasteiger partial charge is 0.235 e. The maximum Gasteiger partial charge on any atom is 0.235 e. The lowest BCUT2D eigenvalue weighted by Crippen LogP contribution is -2.25. The van der Waals surface area contributed by atoms with E-state index >= 15 is 0 Å². The third-order valence-electron chi connectivity index (χ3n) is 4.29. The minimum absolute atomic E-state index is 0.00358. The van der Waals surface area contributed by atoms with Crippen molar-refractivity contribution < 1.29 is 13.2 Å². The zero-order valence-electron chi connectivity index (χ0n) is 14.2. The van der Waals surface area contributed by atoms with Crippen LogP contribution in [-0.2, 0) is 10.0 Å². The van der Waals surface area contributed by atoms with Gasteiger partial charge in [0, 0.05) is 24.3 Å². The molecule has 0 bridgehead atoms. The van der Waals surface area contributed by atoms with E-state index in [1.54, 1.807) is 13.2 Å². The Morgan fingerprint density at radius 3 is 2.72 bits per heavy atom. The van der Waals surface area contributed by atoms with Crippen LogP contribution in [0.4, 0.5) is 11.4 Å². The third kappa shape index (κ3) is 3.85. The zero-order chi connectivity index (χ0) is 18.0. The molecule has 25 heavy (non-hydrogen) atoms. The Bertz CT molecular complexity index is 870. The van der Waals surface area contributed by atoms with Crippen molar-refractivity contribution >= 4 is 33.0 Å². The van der Waals surface area contributed by atoms with Crippen molar-refractivity contribution in [2.45, 2.75) is 19.4 Å². The predicted octanol–water partition coefficient (Wildman–Crippen LogP) is 4.06. The van der Waals surface area contributed by atoms with Crippen molar-refractivity contribution in [3.05, 3.63) is 53.1 Å². The molecule has 0 spiro atoms. The number of anilines is 2.